The number of nitrogens with zero attached hydrogens (tertiary/aromatic N) is 2. The number of carbonyl (C=O) groups excluding carboxylic acids is 1. The molecule has 0 fully saturated rings. The second-order valence-electron chi connectivity index (χ2n) is 2.75. The van der Waals surface area contributed by atoms with Crippen molar-refractivity contribution in [2.75, 3.05) is 5.32 Å². The fourth-order valence-electron chi connectivity index (χ4n) is 0.867. The van der Waals surface area contributed by atoms with Gasteiger partial charge in [-0.1, -0.05) is 12.1 Å². The minimum atomic E-state index is -0.524. The number of hydrogen-bond donors (Lipinski definition) is 1. The summed E-state index contributed by atoms with van der Waals surface area (Å²) < 4.78 is 31.0. The molecule has 1 amide bonds. The monoisotopic (exact) mass is 215 g/mol. The van der Waals surface area contributed by atoms with E-state index in [1.165, 1.54) is 6.92 Å². The van der Waals surface area contributed by atoms with Crippen molar-refractivity contribution in [3.63, 3.8) is 0 Å². The first-order valence-electron chi connectivity index (χ1n) is 6.23. The Hall–Kier alpha value is -2.59. The second-order valence-corrected chi connectivity index (χ2v) is 2.75. The van der Waals surface area contributed by atoms with Crippen LogP contribution in [0.4, 0.5) is 5.69 Å². The van der Waals surface area contributed by atoms with E-state index in [4.69, 9.17) is 16.0 Å². The molecule has 1 N–H and O–H groups in total. The number of hydrogen-bond acceptors (Lipinski definition) is 3. The highest BCUT2D eigenvalue weighted by Gasteiger charge is 1.96. The van der Waals surface area contributed by atoms with Gasteiger partial charge in [-0.15, -0.1) is 0 Å². The molecule has 0 saturated carbocycles. The third-order valence-corrected chi connectivity index (χ3v) is 1.47. The van der Waals surface area contributed by atoms with Crippen LogP contribution in [0.2, 0.25) is 0 Å². The Balaban J connectivity index is 3.62. The van der Waals surface area contributed by atoms with Crippen LogP contribution in [-0.2, 0) is 4.79 Å². The maximum Gasteiger partial charge on any atom is 0.221 e. The Morgan fingerprint density at radius 1 is 1.38 bits per heavy atom. The van der Waals surface area contributed by atoms with Crippen LogP contribution >= 0.6 is 0 Å². The Labute approximate surface area is 99.0 Å². The van der Waals surface area contributed by atoms with Gasteiger partial charge in [-0.3, -0.25) is 4.79 Å². The molecule has 1 rings (SSSR count). The van der Waals surface area contributed by atoms with Gasteiger partial charge in [0.15, 0.2) is 0 Å². The van der Waals surface area contributed by atoms with Crippen LogP contribution in [0.3, 0.4) is 0 Å². The molecule has 0 aliphatic carbocycles. The molecular formula is C12H9N3O. The molecule has 0 spiro atoms. The molecule has 0 aromatic heterocycles. The molecule has 1 aromatic rings. The lowest BCUT2D eigenvalue weighted by Crippen LogP contribution is -2.05. The van der Waals surface area contributed by atoms with E-state index in [0.717, 1.165) is 6.08 Å². The van der Waals surface area contributed by atoms with Crippen LogP contribution < -0.4 is 5.32 Å². The number of allylic oxidation sites excluding steroid dienone is 1. The van der Waals surface area contributed by atoms with Gasteiger partial charge in [-0.05, 0) is 23.7 Å². The summed E-state index contributed by atoms with van der Waals surface area (Å²) in [5.41, 5.74) is -0.745. The first kappa shape index (κ1) is 6.81. The van der Waals surface area contributed by atoms with Gasteiger partial charge >= 0.3 is 0 Å². The average molecular weight is 215 g/mol. The second kappa shape index (κ2) is 5.33. The van der Waals surface area contributed by atoms with Gasteiger partial charge in [0.2, 0.25) is 5.91 Å². The smallest absolute Gasteiger partial charge is 0.221 e. The van der Waals surface area contributed by atoms with Crippen molar-refractivity contribution in [2.24, 2.45) is 0 Å². The molecule has 78 valence electrons. The lowest BCUT2D eigenvalue weighted by molar-refractivity contribution is -0.114. The summed E-state index contributed by atoms with van der Waals surface area (Å²) in [5, 5.41) is 19.6. The van der Waals surface area contributed by atoms with E-state index in [9.17, 15) is 4.79 Å². The SMILES string of the molecule is [2H]c1c([2H])c(NC(C)=O)c([2H])c([2H])c1C=C(C#N)C#N. The standard InChI is InChI=1S/C12H9N3O/c1-9(16)15-12-4-2-10(3-5-12)6-11(7-13)8-14/h2-6H,1H3,(H,15,16)/i2D,3D,4D,5D. The largest absolute Gasteiger partial charge is 0.326 e. The van der Waals surface area contributed by atoms with Crippen LogP contribution in [0, 0.1) is 22.7 Å². The maximum absolute atomic E-state index is 11.0. The number of anilines is 1. The molecule has 0 aliphatic rings. The van der Waals surface area contributed by atoms with Crippen LogP contribution in [0.1, 0.15) is 18.0 Å². The van der Waals surface area contributed by atoms with Gasteiger partial charge in [0, 0.05) is 12.6 Å². The highest BCUT2D eigenvalue weighted by Crippen LogP contribution is 2.12. The van der Waals surface area contributed by atoms with E-state index in [1.54, 1.807) is 12.1 Å². The minimum Gasteiger partial charge on any atom is -0.326 e. The molecule has 0 radical (unpaired) electrons. The Morgan fingerprint density at radius 3 is 2.38 bits per heavy atom. The number of nitriles is 2. The fourth-order valence-corrected chi connectivity index (χ4v) is 0.867. The van der Waals surface area contributed by atoms with Crippen molar-refractivity contribution in [1.82, 2.24) is 0 Å². The number of benzene rings is 1. The summed E-state index contributed by atoms with van der Waals surface area (Å²) in [7, 11) is 0. The zero-order valence-corrected chi connectivity index (χ0v) is 8.38. The number of amides is 1. The predicted octanol–water partition coefficient (Wildman–Crippen LogP) is 2.08. The predicted molar refractivity (Wildman–Crippen MR) is 59.9 cm³/mol. The van der Waals surface area contributed by atoms with E-state index >= 15 is 0 Å². The quantitative estimate of drug-likeness (QED) is 0.767. The molecule has 0 unspecified atom stereocenters. The van der Waals surface area contributed by atoms with E-state index in [2.05, 4.69) is 5.32 Å². The lowest BCUT2D eigenvalue weighted by Gasteiger charge is -2.01. The number of carbonyl (C=O) groups is 1. The van der Waals surface area contributed by atoms with E-state index < -0.39 is 30.1 Å². The van der Waals surface area contributed by atoms with Gasteiger partial charge in [0.05, 0.1) is 5.48 Å². The van der Waals surface area contributed by atoms with Gasteiger partial charge in [-0.25, -0.2) is 0 Å². The summed E-state index contributed by atoms with van der Waals surface area (Å²) in [5.74, 6) is -0.524. The molecule has 4 heteroatoms. The fraction of sp³-hybridized carbons (Fsp3) is 0.0833. The highest BCUT2D eigenvalue weighted by molar-refractivity contribution is 5.88. The van der Waals surface area contributed by atoms with Crippen molar-refractivity contribution in [1.29, 1.82) is 10.5 Å². The molecule has 16 heavy (non-hydrogen) atoms. The lowest BCUT2D eigenvalue weighted by atomic mass is 10.1. The molecule has 0 atom stereocenters. The van der Waals surface area contributed by atoms with Crippen molar-refractivity contribution in [3.8, 4) is 12.1 Å². The Bertz CT molecular complexity index is 653. The third kappa shape index (κ3) is 3.28. The van der Waals surface area contributed by atoms with E-state index in [1.807, 2.05) is 0 Å². The summed E-state index contributed by atoms with van der Waals surface area (Å²) >= 11 is 0. The van der Waals surface area contributed by atoms with Crippen LogP contribution in [-0.4, -0.2) is 5.91 Å². The molecule has 0 heterocycles. The van der Waals surface area contributed by atoms with Crippen LogP contribution in [0.15, 0.2) is 29.7 Å². The van der Waals surface area contributed by atoms with Crippen LogP contribution in [0.5, 0.6) is 0 Å². The van der Waals surface area contributed by atoms with Crippen LogP contribution in [0.25, 0.3) is 6.08 Å². The van der Waals surface area contributed by atoms with E-state index in [-0.39, 0.29) is 16.8 Å². The number of nitrogens with one attached hydrogen (secondary N) is 1. The van der Waals surface area contributed by atoms with Gasteiger partial charge in [0.1, 0.15) is 17.7 Å². The first-order valence-corrected chi connectivity index (χ1v) is 4.23. The molecule has 1 aromatic carbocycles. The summed E-state index contributed by atoms with van der Waals surface area (Å²) in [6.45, 7) is 1.18. The molecule has 0 bridgehead atoms. The van der Waals surface area contributed by atoms with Crippen molar-refractivity contribution in [2.45, 2.75) is 6.92 Å². The molecule has 0 aliphatic heterocycles. The minimum absolute atomic E-state index is 0.174. The maximum atomic E-state index is 11.0. The summed E-state index contributed by atoms with van der Waals surface area (Å²) in [6.07, 6.45) is 0.984. The Morgan fingerprint density at radius 2 is 1.94 bits per heavy atom. The average Bonchev–Trinajstić information content (AvgIpc) is 2.41. The Kier molecular flexibility index (Phi) is 2.27. The van der Waals surface area contributed by atoms with Gasteiger partial charge in [-0.2, -0.15) is 10.5 Å². The van der Waals surface area contributed by atoms with Gasteiger partial charge in [0.25, 0.3) is 0 Å². The molecule has 0 saturated heterocycles. The third-order valence-electron chi connectivity index (χ3n) is 1.47. The van der Waals surface area contributed by atoms with Crippen molar-refractivity contribution < 1.29 is 10.3 Å². The summed E-state index contributed by atoms with van der Waals surface area (Å²) in [4.78, 5) is 11.0. The van der Waals surface area contributed by atoms with Crippen molar-refractivity contribution >= 4 is 17.7 Å². The highest BCUT2D eigenvalue weighted by atomic mass is 16.1. The van der Waals surface area contributed by atoms with E-state index in [0.29, 0.717) is 0 Å². The zero-order valence-electron chi connectivity index (χ0n) is 12.4. The molecule has 4 nitrogen and oxygen atoms in total. The summed E-state index contributed by atoms with van der Waals surface area (Å²) in [6, 6.07) is 1.41. The topological polar surface area (TPSA) is 76.7 Å². The van der Waals surface area contributed by atoms with Crippen molar-refractivity contribution in [3.05, 3.63) is 35.3 Å². The first-order chi connectivity index (χ1) is 9.33. The molecular weight excluding hydrogens is 202 g/mol. The van der Waals surface area contributed by atoms with Gasteiger partial charge < -0.3 is 5.32 Å². The zero-order chi connectivity index (χ0) is 15.4. The normalized spacial score (nSPS) is 11.9. The number of rotatable bonds is 2.